The molecular formula is C12H24N2O4. The summed E-state index contributed by atoms with van der Waals surface area (Å²) in [7, 11) is 3.07. The number of hydrogen-bond donors (Lipinski definition) is 2. The number of alkyl carbamates (subject to hydrolysis) is 1. The van der Waals surface area contributed by atoms with Crippen molar-refractivity contribution in [2.75, 3.05) is 20.7 Å². The largest absolute Gasteiger partial charge is 0.443 e. The Hall–Kier alpha value is -1.30. The van der Waals surface area contributed by atoms with Crippen LogP contribution in [0.3, 0.4) is 0 Å². The third-order valence-electron chi connectivity index (χ3n) is 2.51. The molecule has 6 nitrogen and oxygen atoms in total. The summed E-state index contributed by atoms with van der Waals surface area (Å²) in [6, 6.07) is 0. The standard InChI is InChI=1S/C12H24N2O4/c1-11(2,18-10(16)14-6)7-8-17-12(3,4)9(15)13-5/h7-8H2,1-6H3,(H,13,15)(H,14,16). The zero-order chi connectivity index (χ0) is 14.4. The lowest BCUT2D eigenvalue weighted by molar-refractivity contribution is -0.143. The number of likely N-dealkylation sites (N-methyl/N-ethyl adjacent to an activating group) is 1. The number of amides is 2. The van der Waals surface area contributed by atoms with Crippen LogP contribution in [0.25, 0.3) is 0 Å². The van der Waals surface area contributed by atoms with Gasteiger partial charge in [0, 0.05) is 20.5 Å². The van der Waals surface area contributed by atoms with Crippen molar-refractivity contribution in [1.29, 1.82) is 0 Å². The van der Waals surface area contributed by atoms with Gasteiger partial charge in [0.25, 0.3) is 5.91 Å². The maximum Gasteiger partial charge on any atom is 0.407 e. The van der Waals surface area contributed by atoms with Crippen LogP contribution in [-0.2, 0) is 14.3 Å². The van der Waals surface area contributed by atoms with E-state index in [2.05, 4.69) is 10.6 Å². The Morgan fingerprint density at radius 3 is 2.06 bits per heavy atom. The zero-order valence-corrected chi connectivity index (χ0v) is 12.0. The zero-order valence-electron chi connectivity index (χ0n) is 12.0. The Bertz CT molecular complexity index is 300. The van der Waals surface area contributed by atoms with Crippen LogP contribution in [0, 0.1) is 0 Å². The summed E-state index contributed by atoms with van der Waals surface area (Å²) in [6.07, 6.45) is 0.0199. The van der Waals surface area contributed by atoms with Gasteiger partial charge in [-0.25, -0.2) is 4.79 Å². The molecule has 0 heterocycles. The fourth-order valence-electron chi connectivity index (χ4n) is 1.27. The number of carbonyl (C=O) groups is 2. The molecule has 0 aliphatic rings. The number of hydrogen-bond acceptors (Lipinski definition) is 4. The van der Waals surface area contributed by atoms with Crippen LogP contribution in [0.4, 0.5) is 4.79 Å². The first-order valence-electron chi connectivity index (χ1n) is 5.91. The van der Waals surface area contributed by atoms with Crippen LogP contribution < -0.4 is 10.6 Å². The molecule has 0 aliphatic carbocycles. The predicted molar refractivity (Wildman–Crippen MR) is 68.3 cm³/mol. The van der Waals surface area contributed by atoms with Crippen LogP contribution >= 0.6 is 0 Å². The van der Waals surface area contributed by atoms with Gasteiger partial charge in [-0.15, -0.1) is 0 Å². The minimum absolute atomic E-state index is 0.187. The predicted octanol–water partition coefficient (Wildman–Crippen LogP) is 1.05. The van der Waals surface area contributed by atoms with Crippen molar-refractivity contribution < 1.29 is 19.1 Å². The topological polar surface area (TPSA) is 76.7 Å². The molecule has 0 spiro atoms. The molecule has 2 amide bonds. The van der Waals surface area contributed by atoms with Crippen molar-refractivity contribution >= 4 is 12.0 Å². The molecular weight excluding hydrogens is 236 g/mol. The van der Waals surface area contributed by atoms with Gasteiger partial charge < -0.3 is 20.1 Å². The second-order valence-electron chi connectivity index (χ2n) is 5.09. The first kappa shape index (κ1) is 16.7. The first-order chi connectivity index (χ1) is 8.14. The van der Waals surface area contributed by atoms with Gasteiger partial charge in [-0.05, 0) is 27.7 Å². The van der Waals surface area contributed by atoms with E-state index in [1.54, 1.807) is 34.7 Å². The van der Waals surface area contributed by atoms with Crippen LogP contribution in [0.1, 0.15) is 34.1 Å². The smallest absolute Gasteiger partial charge is 0.407 e. The number of nitrogens with one attached hydrogen (secondary N) is 2. The summed E-state index contributed by atoms with van der Waals surface area (Å²) in [4.78, 5) is 22.6. The second-order valence-corrected chi connectivity index (χ2v) is 5.09. The van der Waals surface area contributed by atoms with Gasteiger partial charge in [-0.2, -0.15) is 0 Å². The van der Waals surface area contributed by atoms with E-state index in [1.165, 1.54) is 7.05 Å². The SMILES string of the molecule is CNC(=O)OC(C)(C)CCOC(C)(C)C(=O)NC. The molecule has 0 aromatic carbocycles. The molecule has 0 rings (SSSR count). The summed E-state index contributed by atoms with van der Waals surface area (Å²) < 4.78 is 10.7. The Balaban J connectivity index is 4.17. The lowest BCUT2D eigenvalue weighted by atomic mass is 10.1. The van der Waals surface area contributed by atoms with Crippen molar-refractivity contribution in [2.45, 2.75) is 45.3 Å². The fraction of sp³-hybridized carbons (Fsp3) is 0.833. The van der Waals surface area contributed by atoms with E-state index in [1.807, 2.05) is 0 Å². The van der Waals surface area contributed by atoms with E-state index in [-0.39, 0.29) is 5.91 Å². The molecule has 0 unspecified atom stereocenters. The van der Waals surface area contributed by atoms with Gasteiger partial charge in [0.2, 0.25) is 0 Å². The minimum atomic E-state index is -0.891. The van der Waals surface area contributed by atoms with Crippen LogP contribution in [0.5, 0.6) is 0 Å². The van der Waals surface area contributed by atoms with Crippen molar-refractivity contribution in [2.24, 2.45) is 0 Å². The third kappa shape index (κ3) is 5.86. The number of carbonyl (C=O) groups excluding carboxylic acids is 2. The highest BCUT2D eigenvalue weighted by atomic mass is 16.6. The van der Waals surface area contributed by atoms with E-state index < -0.39 is 17.3 Å². The van der Waals surface area contributed by atoms with Crippen molar-refractivity contribution in [3.05, 3.63) is 0 Å². The van der Waals surface area contributed by atoms with E-state index >= 15 is 0 Å². The molecule has 0 aromatic heterocycles. The van der Waals surface area contributed by atoms with Gasteiger partial charge >= 0.3 is 6.09 Å². The van der Waals surface area contributed by atoms with E-state index in [4.69, 9.17) is 9.47 Å². The average Bonchev–Trinajstić information content (AvgIpc) is 2.26. The van der Waals surface area contributed by atoms with E-state index in [9.17, 15) is 9.59 Å². The molecule has 106 valence electrons. The highest BCUT2D eigenvalue weighted by Crippen LogP contribution is 2.17. The molecule has 0 fully saturated rings. The summed E-state index contributed by atoms with van der Waals surface area (Å²) >= 11 is 0. The summed E-state index contributed by atoms with van der Waals surface area (Å²) in [6.45, 7) is 7.29. The van der Waals surface area contributed by atoms with Crippen LogP contribution in [-0.4, -0.2) is 43.9 Å². The van der Waals surface area contributed by atoms with Crippen LogP contribution in [0.15, 0.2) is 0 Å². The normalized spacial score (nSPS) is 11.9. The van der Waals surface area contributed by atoms with E-state index in [0.717, 1.165) is 0 Å². The molecule has 0 atom stereocenters. The maximum absolute atomic E-state index is 11.5. The van der Waals surface area contributed by atoms with Gasteiger partial charge in [0.05, 0.1) is 6.61 Å². The Morgan fingerprint density at radius 2 is 1.61 bits per heavy atom. The summed E-state index contributed by atoms with van der Waals surface area (Å²) in [5, 5.41) is 4.92. The molecule has 0 saturated carbocycles. The number of ether oxygens (including phenoxy) is 2. The maximum atomic E-state index is 11.5. The molecule has 6 heteroatoms. The lowest BCUT2D eigenvalue weighted by Gasteiger charge is -2.28. The van der Waals surface area contributed by atoms with Crippen molar-refractivity contribution in [3.8, 4) is 0 Å². The summed E-state index contributed by atoms with van der Waals surface area (Å²) in [5.74, 6) is -0.187. The third-order valence-corrected chi connectivity index (χ3v) is 2.51. The average molecular weight is 260 g/mol. The highest BCUT2D eigenvalue weighted by Gasteiger charge is 2.29. The van der Waals surface area contributed by atoms with Gasteiger partial charge in [-0.1, -0.05) is 0 Å². The van der Waals surface area contributed by atoms with Crippen LogP contribution in [0.2, 0.25) is 0 Å². The lowest BCUT2D eigenvalue weighted by Crippen LogP contribution is -2.43. The molecule has 0 aromatic rings. The quantitative estimate of drug-likeness (QED) is 0.748. The second kappa shape index (κ2) is 6.58. The molecule has 0 bridgehead atoms. The fourth-order valence-corrected chi connectivity index (χ4v) is 1.27. The number of rotatable bonds is 6. The summed E-state index contributed by atoms with van der Waals surface area (Å²) in [5.41, 5.74) is -1.53. The Morgan fingerprint density at radius 1 is 1.06 bits per heavy atom. The van der Waals surface area contributed by atoms with Crippen molar-refractivity contribution in [3.63, 3.8) is 0 Å². The molecule has 0 saturated heterocycles. The molecule has 0 aliphatic heterocycles. The monoisotopic (exact) mass is 260 g/mol. The molecule has 0 radical (unpaired) electrons. The minimum Gasteiger partial charge on any atom is -0.443 e. The van der Waals surface area contributed by atoms with E-state index in [0.29, 0.717) is 13.0 Å². The van der Waals surface area contributed by atoms with Crippen molar-refractivity contribution in [1.82, 2.24) is 10.6 Å². The van der Waals surface area contributed by atoms with Gasteiger partial charge in [0.1, 0.15) is 11.2 Å². The van der Waals surface area contributed by atoms with Gasteiger partial charge in [0.15, 0.2) is 0 Å². The van der Waals surface area contributed by atoms with Gasteiger partial charge in [-0.3, -0.25) is 4.79 Å². The molecule has 2 N–H and O–H groups in total. The Kier molecular flexibility index (Phi) is 6.11. The first-order valence-corrected chi connectivity index (χ1v) is 5.91. The highest BCUT2D eigenvalue weighted by molar-refractivity contribution is 5.83. The Labute approximate surface area is 108 Å². The molecule has 18 heavy (non-hydrogen) atoms.